The van der Waals surface area contributed by atoms with Gasteiger partial charge in [-0.1, -0.05) is 18.0 Å². The normalized spacial score (nSPS) is 24.1. The highest BCUT2D eigenvalue weighted by Crippen LogP contribution is 2.27. The number of benzene rings is 1. The number of ether oxygens (including phenoxy) is 1. The molecule has 1 aromatic rings. The van der Waals surface area contributed by atoms with Crippen molar-refractivity contribution in [3.05, 3.63) is 28.8 Å². The van der Waals surface area contributed by atoms with E-state index in [4.69, 9.17) is 27.3 Å². The molecule has 2 rings (SSSR count). The van der Waals surface area contributed by atoms with Crippen LogP contribution in [-0.4, -0.2) is 12.1 Å². The lowest BCUT2D eigenvalue weighted by molar-refractivity contribution is 0.132. The predicted octanol–water partition coefficient (Wildman–Crippen LogP) is 2.86. The molecule has 4 heteroatoms. The molecular formula is C13H15ClN2O. The fraction of sp³-hybridized carbons (Fsp3) is 0.462. The third kappa shape index (κ3) is 2.91. The van der Waals surface area contributed by atoms with E-state index < -0.39 is 0 Å². The molecule has 0 bridgehead atoms. The third-order valence-electron chi connectivity index (χ3n) is 3.10. The topological polar surface area (TPSA) is 59.0 Å². The molecule has 17 heavy (non-hydrogen) atoms. The lowest BCUT2D eigenvalue weighted by atomic mass is 9.93. The zero-order valence-corrected chi connectivity index (χ0v) is 10.3. The van der Waals surface area contributed by atoms with Gasteiger partial charge in [0.05, 0.1) is 5.56 Å². The number of rotatable bonds is 2. The molecule has 0 saturated heterocycles. The number of hydrogen-bond acceptors (Lipinski definition) is 3. The zero-order valence-electron chi connectivity index (χ0n) is 9.53. The van der Waals surface area contributed by atoms with Gasteiger partial charge in [-0.05, 0) is 31.4 Å². The van der Waals surface area contributed by atoms with Gasteiger partial charge < -0.3 is 10.5 Å². The van der Waals surface area contributed by atoms with Crippen molar-refractivity contribution in [1.29, 1.82) is 5.26 Å². The number of nitriles is 1. The molecule has 0 heterocycles. The van der Waals surface area contributed by atoms with Gasteiger partial charge in [-0.15, -0.1) is 0 Å². The van der Waals surface area contributed by atoms with Crippen LogP contribution < -0.4 is 10.5 Å². The molecule has 2 atom stereocenters. The van der Waals surface area contributed by atoms with Gasteiger partial charge in [0.15, 0.2) is 0 Å². The van der Waals surface area contributed by atoms with E-state index in [1.165, 1.54) is 0 Å². The van der Waals surface area contributed by atoms with E-state index in [1.54, 1.807) is 18.2 Å². The van der Waals surface area contributed by atoms with E-state index in [9.17, 15) is 0 Å². The lowest BCUT2D eigenvalue weighted by Gasteiger charge is -2.29. The molecule has 90 valence electrons. The van der Waals surface area contributed by atoms with Crippen molar-refractivity contribution in [3.8, 4) is 11.8 Å². The smallest absolute Gasteiger partial charge is 0.139 e. The quantitative estimate of drug-likeness (QED) is 0.878. The van der Waals surface area contributed by atoms with Crippen LogP contribution in [0, 0.1) is 11.3 Å². The van der Waals surface area contributed by atoms with Crippen LogP contribution in [0.15, 0.2) is 18.2 Å². The largest absolute Gasteiger partial charge is 0.487 e. The van der Waals surface area contributed by atoms with E-state index >= 15 is 0 Å². The second-order valence-corrected chi connectivity index (χ2v) is 4.79. The standard InChI is InChI=1S/C13H15ClN2O/c14-10-6-5-9(8-15)13(7-10)17-12-4-2-1-3-11(12)16/h5-7,11-12H,1-4,16H2. The Morgan fingerprint density at radius 3 is 2.82 bits per heavy atom. The fourth-order valence-electron chi connectivity index (χ4n) is 2.12. The number of nitrogens with two attached hydrogens (primary N) is 1. The van der Waals surface area contributed by atoms with Gasteiger partial charge in [0.25, 0.3) is 0 Å². The van der Waals surface area contributed by atoms with E-state index in [-0.39, 0.29) is 12.1 Å². The average Bonchev–Trinajstić information content (AvgIpc) is 2.32. The van der Waals surface area contributed by atoms with Gasteiger partial charge in [0, 0.05) is 17.1 Å². The van der Waals surface area contributed by atoms with Crippen molar-refractivity contribution in [1.82, 2.24) is 0 Å². The molecule has 1 aromatic carbocycles. The minimum atomic E-state index is -0.00526. The summed E-state index contributed by atoms with van der Waals surface area (Å²) in [7, 11) is 0. The third-order valence-corrected chi connectivity index (χ3v) is 3.33. The van der Waals surface area contributed by atoms with Gasteiger partial charge in [-0.2, -0.15) is 5.26 Å². The van der Waals surface area contributed by atoms with Crippen LogP contribution in [0.5, 0.6) is 5.75 Å². The van der Waals surface area contributed by atoms with Crippen molar-refractivity contribution < 1.29 is 4.74 Å². The summed E-state index contributed by atoms with van der Waals surface area (Å²) in [6, 6.07) is 7.20. The Bertz CT molecular complexity index is 442. The highest BCUT2D eigenvalue weighted by Gasteiger charge is 2.24. The highest BCUT2D eigenvalue weighted by molar-refractivity contribution is 6.30. The summed E-state index contributed by atoms with van der Waals surface area (Å²) in [5, 5.41) is 9.57. The Balaban J connectivity index is 2.17. The molecule has 1 aliphatic rings. The summed E-state index contributed by atoms with van der Waals surface area (Å²) >= 11 is 5.91. The first-order valence-electron chi connectivity index (χ1n) is 5.82. The Morgan fingerprint density at radius 1 is 1.35 bits per heavy atom. The number of hydrogen-bond donors (Lipinski definition) is 1. The van der Waals surface area contributed by atoms with Crippen LogP contribution in [0.1, 0.15) is 31.2 Å². The van der Waals surface area contributed by atoms with Crippen LogP contribution in [0.3, 0.4) is 0 Å². The first-order chi connectivity index (χ1) is 8.20. The molecule has 1 fully saturated rings. The SMILES string of the molecule is N#Cc1ccc(Cl)cc1OC1CCCCC1N. The maximum Gasteiger partial charge on any atom is 0.139 e. The maximum atomic E-state index is 9.00. The number of nitrogens with zero attached hydrogens (tertiary/aromatic N) is 1. The van der Waals surface area contributed by atoms with Crippen molar-refractivity contribution in [2.45, 2.75) is 37.8 Å². The Labute approximate surface area is 106 Å². The van der Waals surface area contributed by atoms with E-state index in [0.717, 1.165) is 25.7 Å². The Morgan fingerprint density at radius 2 is 2.12 bits per heavy atom. The van der Waals surface area contributed by atoms with Crippen molar-refractivity contribution >= 4 is 11.6 Å². The summed E-state index contributed by atoms with van der Waals surface area (Å²) in [4.78, 5) is 0. The maximum absolute atomic E-state index is 9.00. The van der Waals surface area contributed by atoms with Crippen molar-refractivity contribution in [2.24, 2.45) is 5.73 Å². The zero-order chi connectivity index (χ0) is 12.3. The fourth-order valence-corrected chi connectivity index (χ4v) is 2.28. The highest BCUT2D eigenvalue weighted by atomic mass is 35.5. The molecule has 0 radical (unpaired) electrons. The monoisotopic (exact) mass is 250 g/mol. The molecule has 2 unspecified atom stereocenters. The van der Waals surface area contributed by atoms with Gasteiger partial charge in [-0.3, -0.25) is 0 Å². The Kier molecular flexibility index (Phi) is 3.88. The predicted molar refractivity (Wildman–Crippen MR) is 67.0 cm³/mol. The summed E-state index contributed by atoms with van der Waals surface area (Å²) in [5.74, 6) is 0.544. The first-order valence-corrected chi connectivity index (χ1v) is 6.20. The van der Waals surface area contributed by atoms with Crippen LogP contribution in [-0.2, 0) is 0 Å². The van der Waals surface area contributed by atoms with E-state index in [0.29, 0.717) is 16.3 Å². The van der Waals surface area contributed by atoms with Gasteiger partial charge in [0.2, 0.25) is 0 Å². The van der Waals surface area contributed by atoms with E-state index in [2.05, 4.69) is 6.07 Å². The second kappa shape index (κ2) is 5.39. The first kappa shape index (κ1) is 12.2. The van der Waals surface area contributed by atoms with Crippen LogP contribution in [0.2, 0.25) is 5.02 Å². The van der Waals surface area contributed by atoms with Gasteiger partial charge in [-0.25, -0.2) is 0 Å². The van der Waals surface area contributed by atoms with Gasteiger partial charge in [0.1, 0.15) is 17.9 Å². The minimum absolute atomic E-state index is 0.00526. The Hall–Kier alpha value is -1.24. The van der Waals surface area contributed by atoms with Crippen molar-refractivity contribution in [3.63, 3.8) is 0 Å². The molecule has 0 spiro atoms. The van der Waals surface area contributed by atoms with Crippen LogP contribution >= 0.6 is 11.6 Å². The molecule has 1 aliphatic carbocycles. The average molecular weight is 251 g/mol. The number of halogens is 1. The molecular weight excluding hydrogens is 236 g/mol. The summed E-state index contributed by atoms with van der Waals surface area (Å²) in [6.45, 7) is 0. The molecule has 0 aromatic heterocycles. The molecule has 1 saturated carbocycles. The summed E-state index contributed by atoms with van der Waals surface area (Å²) in [5.41, 5.74) is 6.52. The lowest BCUT2D eigenvalue weighted by Crippen LogP contribution is -2.41. The minimum Gasteiger partial charge on any atom is -0.487 e. The summed E-state index contributed by atoms with van der Waals surface area (Å²) < 4.78 is 5.84. The van der Waals surface area contributed by atoms with Crippen LogP contribution in [0.25, 0.3) is 0 Å². The molecule has 0 aliphatic heterocycles. The van der Waals surface area contributed by atoms with E-state index in [1.807, 2.05) is 0 Å². The van der Waals surface area contributed by atoms with Gasteiger partial charge >= 0.3 is 0 Å². The van der Waals surface area contributed by atoms with Crippen molar-refractivity contribution in [2.75, 3.05) is 0 Å². The molecule has 2 N–H and O–H groups in total. The van der Waals surface area contributed by atoms with Crippen LogP contribution in [0.4, 0.5) is 0 Å². The second-order valence-electron chi connectivity index (χ2n) is 4.36. The molecule has 3 nitrogen and oxygen atoms in total. The molecule has 0 amide bonds. The summed E-state index contributed by atoms with van der Waals surface area (Å²) in [6.07, 6.45) is 4.20.